The van der Waals surface area contributed by atoms with Gasteiger partial charge in [0.25, 0.3) is 5.89 Å². The van der Waals surface area contributed by atoms with Crippen molar-refractivity contribution in [3.8, 4) is 11.5 Å². The van der Waals surface area contributed by atoms with E-state index in [4.69, 9.17) is 20.9 Å². The predicted molar refractivity (Wildman–Crippen MR) is 94.6 cm³/mol. The van der Waals surface area contributed by atoms with Crippen molar-refractivity contribution in [3.63, 3.8) is 0 Å². The van der Waals surface area contributed by atoms with E-state index in [0.717, 1.165) is 15.0 Å². The van der Waals surface area contributed by atoms with Crippen LogP contribution < -0.4 is 5.32 Å². The summed E-state index contributed by atoms with van der Waals surface area (Å²) in [7, 11) is 1.66. The summed E-state index contributed by atoms with van der Waals surface area (Å²) in [6, 6.07) is 7.26. The van der Waals surface area contributed by atoms with Crippen molar-refractivity contribution in [1.82, 2.24) is 20.3 Å². The lowest BCUT2D eigenvalue weighted by molar-refractivity contribution is 0.211. The molecule has 3 aromatic rings. The van der Waals surface area contributed by atoms with E-state index in [1.54, 1.807) is 19.2 Å². The van der Waals surface area contributed by atoms with Crippen LogP contribution in [0.15, 0.2) is 33.1 Å². The van der Waals surface area contributed by atoms with Gasteiger partial charge in [-0.1, -0.05) is 39.9 Å². The molecule has 2 aromatic heterocycles. The van der Waals surface area contributed by atoms with Crippen molar-refractivity contribution in [2.45, 2.75) is 10.1 Å². The Morgan fingerprint density at radius 1 is 1.29 bits per heavy atom. The Morgan fingerprint density at radius 2 is 2.12 bits per heavy atom. The second-order valence-electron chi connectivity index (χ2n) is 4.60. The second-order valence-corrected chi connectivity index (χ2v) is 7.24. The molecule has 0 unspecified atom stereocenters. The van der Waals surface area contributed by atoms with E-state index in [-0.39, 0.29) is 0 Å². The summed E-state index contributed by atoms with van der Waals surface area (Å²) >= 11 is 8.86. The molecule has 10 heteroatoms. The van der Waals surface area contributed by atoms with E-state index in [9.17, 15) is 0 Å². The van der Waals surface area contributed by atoms with Crippen LogP contribution >= 0.6 is 34.7 Å². The van der Waals surface area contributed by atoms with Gasteiger partial charge < -0.3 is 14.6 Å². The fraction of sp³-hybridized carbons (Fsp3) is 0.286. The van der Waals surface area contributed by atoms with Crippen molar-refractivity contribution in [1.29, 1.82) is 0 Å². The van der Waals surface area contributed by atoms with Crippen LogP contribution in [0.5, 0.6) is 0 Å². The highest BCUT2D eigenvalue weighted by molar-refractivity contribution is 8.00. The van der Waals surface area contributed by atoms with Gasteiger partial charge >= 0.3 is 0 Å². The average Bonchev–Trinajstić information content (AvgIpc) is 3.23. The molecule has 3 rings (SSSR count). The monoisotopic (exact) mass is 383 g/mol. The summed E-state index contributed by atoms with van der Waals surface area (Å²) in [6.07, 6.45) is 0. The predicted octanol–water partition coefficient (Wildman–Crippen LogP) is 3.59. The number of thioether (sulfide) groups is 1. The van der Waals surface area contributed by atoms with Crippen molar-refractivity contribution < 1.29 is 9.26 Å². The van der Waals surface area contributed by atoms with Gasteiger partial charge in [0, 0.05) is 24.2 Å². The van der Waals surface area contributed by atoms with Gasteiger partial charge in [0.05, 0.1) is 12.4 Å². The molecule has 1 aromatic carbocycles. The standard InChI is InChI=1S/C14H14ClN5O2S2/c1-21-7-6-16-13-18-19-14(24-13)23-8-11-17-12(22-20-11)9-2-4-10(15)5-3-9/h2-5H,6-8H2,1H3,(H,16,18). The molecule has 0 saturated carbocycles. The Bertz CT molecular complexity index is 778. The zero-order valence-electron chi connectivity index (χ0n) is 12.7. The van der Waals surface area contributed by atoms with Gasteiger partial charge in [-0.2, -0.15) is 4.98 Å². The number of anilines is 1. The Balaban J connectivity index is 1.54. The smallest absolute Gasteiger partial charge is 0.257 e. The number of benzene rings is 1. The third-order valence-electron chi connectivity index (χ3n) is 2.87. The molecular formula is C14H14ClN5O2S2. The molecule has 1 N–H and O–H groups in total. The van der Waals surface area contributed by atoms with Crippen LogP contribution in [0.3, 0.4) is 0 Å². The number of hydrogen-bond donors (Lipinski definition) is 1. The van der Waals surface area contributed by atoms with Crippen LogP contribution in [0.1, 0.15) is 5.82 Å². The van der Waals surface area contributed by atoms with Crippen molar-refractivity contribution >= 4 is 39.8 Å². The molecule has 0 amide bonds. The maximum Gasteiger partial charge on any atom is 0.257 e. The minimum absolute atomic E-state index is 0.474. The van der Waals surface area contributed by atoms with Crippen molar-refractivity contribution in [2.24, 2.45) is 0 Å². The second kappa shape index (κ2) is 8.43. The quantitative estimate of drug-likeness (QED) is 0.466. The summed E-state index contributed by atoms with van der Waals surface area (Å²) in [5.41, 5.74) is 0.837. The fourth-order valence-electron chi connectivity index (χ4n) is 1.75. The van der Waals surface area contributed by atoms with E-state index < -0.39 is 0 Å². The first-order valence-electron chi connectivity index (χ1n) is 7.02. The lowest BCUT2D eigenvalue weighted by Crippen LogP contribution is -2.06. The first-order valence-corrected chi connectivity index (χ1v) is 9.20. The molecule has 7 nitrogen and oxygen atoms in total. The van der Waals surface area contributed by atoms with E-state index in [1.165, 1.54) is 23.1 Å². The number of ether oxygens (including phenoxy) is 1. The van der Waals surface area contributed by atoms with Gasteiger partial charge in [-0.15, -0.1) is 10.2 Å². The van der Waals surface area contributed by atoms with E-state index in [1.807, 2.05) is 12.1 Å². The Kier molecular flexibility index (Phi) is 6.02. The molecule has 0 spiro atoms. The summed E-state index contributed by atoms with van der Waals surface area (Å²) in [4.78, 5) is 4.38. The molecule has 0 aliphatic rings. The highest BCUT2D eigenvalue weighted by atomic mass is 35.5. The molecule has 0 atom stereocenters. The van der Waals surface area contributed by atoms with Crippen LogP contribution in [0.4, 0.5) is 5.13 Å². The van der Waals surface area contributed by atoms with E-state index >= 15 is 0 Å². The Hall–Kier alpha value is -1.68. The van der Waals surface area contributed by atoms with Crippen LogP contribution in [-0.4, -0.2) is 40.6 Å². The van der Waals surface area contributed by atoms with Gasteiger partial charge in [0.2, 0.25) is 5.13 Å². The summed E-state index contributed by atoms with van der Waals surface area (Å²) in [5.74, 6) is 1.64. The molecule has 0 bridgehead atoms. The number of aromatic nitrogens is 4. The average molecular weight is 384 g/mol. The first-order chi connectivity index (χ1) is 11.7. The number of hydrogen-bond acceptors (Lipinski definition) is 9. The summed E-state index contributed by atoms with van der Waals surface area (Å²) < 4.78 is 11.1. The zero-order valence-corrected chi connectivity index (χ0v) is 15.1. The summed E-state index contributed by atoms with van der Waals surface area (Å²) in [5, 5.41) is 16.7. The van der Waals surface area contributed by atoms with Gasteiger partial charge in [0.15, 0.2) is 10.2 Å². The van der Waals surface area contributed by atoms with Crippen molar-refractivity contribution in [3.05, 3.63) is 35.1 Å². The summed E-state index contributed by atoms with van der Waals surface area (Å²) in [6.45, 7) is 1.32. The number of nitrogens with one attached hydrogen (secondary N) is 1. The van der Waals surface area contributed by atoms with Gasteiger partial charge in [-0.25, -0.2) is 0 Å². The van der Waals surface area contributed by atoms with Crippen LogP contribution in [-0.2, 0) is 10.5 Å². The third-order valence-corrected chi connectivity index (χ3v) is 5.14. The zero-order chi connectivity index (χ0) is 16.8. The highest BCUT2D eigenvalue weighted by Crippen LogP contribution is 2.28. The lowest BCUT2D eigenvalue weighted by atomic mass is 10.2. The number of halogens is 1. The highest BCUT2D eigenvalue weighted by Gasteiger charge is 2.11. The largest absolute Gasteiger partial charge is 0.383 e. The minimum Gasteiger partial charge on any atom is -0.383 e. The van der Waals surface area contributed by atoms with Gasteiger partial charge in [0.1, 0.15) is 0 Å². The maximum atomic E-state index is 5.87. The van der Waals surface area contributed by atoms with Crippen LogP contribution in [0.25, 0.3) is 11.5 Å². The van der Waals surface area contributed by atoms with E-state index in [2.05, 4.69) is 25.7 Å². The first kappa shape index (κ1) is 17.2. The van der Waals surface area contributed by atoms with Gasteiger partial charge in [-0.05, 0) is 24.3 Å². The SMILES string of the molecule is COCCNc1nnc(SCc2noc(-c3ccc(Cl)cc3)n2)s1. The number of rotatable bonds is 8. The molecule has 0 aliphatic heterocycles. The van der Waals surface area contributed by atoms with Gasteiger partial charge in [-0.3, -0.25) is 0 Å². The molecule has 0 saturated heterocycles. The molecule has 0 fully saturated rings. The topological polar surface area (TPSA) is 86.0 Å². The number of methoxy groups -OCH3 is 1. The van der Waals surface area contributed by atoms with E-state index in [0.29, 0.717) is 35.6 Å². The molecule has 2 heterocycles. The molecular weight excluding hydrogens is 370 g/mol. The lowest BCUT2D eigenvalue weighted by Gasteiger charge is -1.98. The molecule has 24 heavy (non-hydrogen) atoms. The third kappa shape index (κ3) is 4.67. The normalized spacial score (nSPS) is 10.9. The van der Waals surface area contributed by atoms with Crippen LogP contribution in [0.2, 0.25) is 5.02 Å². The van der Waals surface area contributed by atoms with Crippen molar-refractivity contribution in [2.75, 3.05) is 25.6 Å². The van der Waals surface area contributed by atoms with Crippen LogP contribution in [0, 0.1) is 0 Å². The maximum absolute atomic E-state index is 5.87. The minimum atomic E-state index is 0.474. The fourth-order valence-corrected chi connectivity index (χ4v) is 3.49. The molecule has 126 valence electrons. The molecule has 0 aliphatic carbocycles. The number of nitrogens with zero attached hydrogens (tertiary/aromatic N) is 4. The Labute approximate surface area is 151 Å². The molecule has 0 radical (unpaired) electrons. The Morgan fingerprint density at radius 3 is 2.92 bits per heavy atom.